The largest absolute Gasteiger partial charge is 0.345 e. The predicted octanol–water partition coefficient (Wildman–Crippen LogP) is 30.3. The van der Waals surface area contributed by atoms with Crippen molar-refractivity contribution in [1.29, 1.82) is 5.26 Å². The Bertz CT molecular complexity index is 6590. The van der Waals surface area contributed by atoms with E-state index in [0.29, 0.717) is 5.56 Å². The summed E-state index contributed by atoms with van der Waals surface area (Å²) < 4.78 is 0. The molecule has 0 fully saturated rings. The van der Waals surface area contributed by atoms with E-state index < -0.39 is 0 Å². The Morgan fingerprint density at radius 1 is 0.171 bits per heavy atom. The van der Waals surface area contributed by atoms with Crippen LogP contribution in [0.1, 0.15) is 5.56 Å². The van der Waals surface area contributed by atoms with Crippen LogP contribution >= 0.6 is 0 Å². The molecule has 0 bridgehead atoms. The fourth-order valence-corrected chi connectivity index (χ4v) is 15.5. The second-order valence-corrected chi connectivity index (χ2v) is 29.0. The molecule has 0 aromatic heterocycles. The maximum atomic E-state index is 9.31. The van der Waals surface area contributed by atoms with Gasteiger partial charge in [-0.15, -0.1) is 0 Å². The number of fused-ring (bicyclic) bond motifs is 4. The minimum Gasteiger partial charge on any atom is -0.345 e. The summed E-state index contributed by atoms with van der Waals surface area (Å²) in [5.41, 5.74) is 24.6. The Morgan fingerprint density at radius 3 is 0.846 bits per heavy atom. The molecule has 0 saturated heterocycles. The molecular formula is C110H85N7. The van der Waals surface area contributed by atoms with Crippen molar-refractivity contribution in [2.75, 3.05) is 50.5 Å². The molecule has 19 rings (SSSR count). The van der Waals surface area contributed by atoms with E-state index in [1.165, 1.54) is 82.2 Å². The standard InChI is InChI=1S/C39H30N2.C36H27N3.C35H28N2/c1-40(39-17-9-15-32-13-7-8-16-38(32)39)34-24-26-36(27-25-34)41(37-23-20-30-12-5-6-14-33(30)28-37)35-21-18-31(19-22-35)29-10-3-2-4-11-29;1-38(34-14-7-9-27(25-34)26-37)31-21-23-33(24-22-31)39(36-16-8-13-30-12-5-6-15-35(30)36)32-19-17-29(18-20-32)28-10-3-2-4-11-28;1-36(31-14-6-3-7-15-31)32-22-24-34(25-23-32)37(35-21-18-28-12-8-9-13-30(28)26-35)33-19-16-29(17-20-33)27-10-4-2-5-11-27/h2-28H,1H3;2-25H,1H3;2-26H,1H3. The van der Waals surface area contributed by atoms with Crippen molar-refractivity contribution in [3.05, 3.63) is 467 Å². The molecule has 7 nitrogen and oxygen atoms in total. The molecule has 0 saturated carbocycles. The average Bonchev–Trinajstić information content (AvgIpc) is 0.783. The van der Waals surface area contributed by atoms with Crippen molar-refractivity contribution in [1.82, 2.24) is 0 Å². The summed E-state index contributed by atoms with van der Waals surface area (Å²) in [5, 5.41) is 19.1. The first-order valence-electron chi connectivity index (χ1n) is 39.6. The number of hydrogen-bond acceptors (Lipinski definition) is 7. The first-order valence-corrected chi connectivity index (χ1v) is 39.6. The molecule has 0 aliphatic heterocycles. The minimum atomic E-state index is 0.650. The highest BCUT2D eigenvalue weighted by molar-refractivity contribution is 6.00. The molecule has 19 aromatic rings. The van der Waals surface area contributed by atoms with Gasteiger partial charge in [-0.2, -0.15) is 5.26 Å². The lowest BCUT2D eigenvalue weighted by atomic mass is 10.0. The molecule has 0 atom stereocenters. The minimum absolute atomic E-state index is 0.650. The number of anilines is 15. The number of rotatable bonds is 18. The lowest BCUT2D eigenvalue weighted by molar-refractivity contribution is 1.20. The van der Waals surface area contributed by atoms with Crippen LogP contribution in [0.3, 0.4) is 0 Å². The monoisotopic (exact) mass is 1500 g/mol. The molecule has 0 aliphatic carbocycles. The molecule has 0 spiro atoms. The molecule has 117 heavy (non-hydrogen) atoms. The Hall–Kier alpha value is -15.5. The van der Waals surface area contributed by atoms with Gasteiger partial charge >= 0.3 is 0 Å². The van der Waals surface area contributed by atoms with Gasteiger partial charge in [0.05, 0.1) is 17.3 Å². The zero-order valence-electron chi connectivity index (χ0n) is 65.5. The van der Waals surface area contributed by atoms with Gasteiger partial charge < -0.3 is 29.4 Å². The summed E-state index contributed by atoms with van der Waals surface area (Å²) >= 11 is 0. The SMILES string of the molecule is CN(c1ccc(N(c2ccc(-c3ccccc3)cc2)c2ccc3ccccc3c2)cc1)c1cccc2ccccc12.CN(c1ccc(N(c2ccc(-c3ccccc3)cc2)c2cccc3ccccc23)cc1)c1cccc(C#N)c1.CN(c1ccccc1)c1ccc(N(c2ccc(-c3ccccc3)cc2)c2ccc3ccccc3c2)cc1. The highest BCUT2D eigenvalue weighted by atomic mass is 15.2. The van der Waals surface area contributed by atoms with Crippen LogP contribution in [-0.2, 0) is 0 Å². The Labute approximate surface area is 685 Å². The number of hydrogen-bond donors (Lipinski definition) is 0. The fourth-order valence-electron chi connectivity index (χ4n) is 15.5. The van der Waals surface area contributed by atoms with Gasteiger partial charge in [0.25, 0.3) is 0 Å². The summed E-state index contributed by atoms with van der Waals surface area (Å²) in [6.45, 7) is 0. The second kappa shape index (κ2) is 34.6. The Balaban J connectivity index is 0.000000126. The first kappa shape index (κ1) is 74.3. The van der Waals surface area contributed by atoms with E-state index in [0.717, 1.165) is 79.6 Å². The zero-order chi connectivity index (χ0) is 79.2. The summed E-state index contributed by atoms with van der Waals surface area (Å²) in [4.78, 5) is 13.6. The van der Waals surface area contributed by atoms with E-state index in [2.05, 4.69) is 474 Å². The topological polar surface area (TPSA) is 43.2 Å². The highest BCUT2D eigenvalue weighted by Crippen LogP contribution is 2.44. The third-order valence-corrected chi connectivity index (χ3v) is 21.8. The summed E-state index contributed by atoms with van der Waals surface area (Å²) in [7, 11) is 6.27. The summed E-state index contributed by atoms with van der Waals surface area (Å²) in [5.74, 6) is 0. The third kappa shape index (κ3) is 16.6. The van der Waals surface area contributed by atoms with E-state index >= 15 is 0 Å². The third-order valence-electron chi connectivity index (χ3n) is 21.8. The number of nitriles is 1. The number of para-hydroxylation sites is 1. The molecule has 560 valence electrons. The van der Waals surface area contributed by atoms with Crippen LogP contribution in [0.2, 0.25) is 0 Å². The van der Waals surface area contributed by atoms with Gasteiger partial charge in [-0.3, -0.25) is 0 Å². The number of nitrogens with zero attached hydrogens (tertiary/aromatic N) is 7. The van der Waals surface area contributed by atoms with E-state index in [1.807, 2.05) is 43.4 Å². The van der Waals surface area contributed by atoms with Gasteiger partial charge in [-0.05, 0) is 242 Å². The average molecular weight is 1500 g/mol. The molecular weight excluding hydrogens is 1420 g/mol. The van der Waals surface area contributed by atoms with Crippen molar-refractivity contribution in [2.24, 2.45) is 0 Å². The second-order valence-electron chi connectivity index (χ2n) is 29.0. The first-order chi connectivity index (χ1) is 57.7. The van der Waals surface area contributed by atoms with Crippen molar-refractivity contribution in [3.63, 3.8) is 0 Å². The van der Waals surface area contributed by atoms with Gasteiger partial charge in [0.15, 0.2) is 0 Å². The summed E-state index contributed by atoms with van der Waals surface area (Å²) in [6.07, 6.45) is 0. The van der Waals surface area contributed by atoms with Crippen LogP contribution in [-0.4, -0.2) is 21.1 Å². The fraction of sp³-hybridized carbons (Fsp3) is 0.0273. The molecule has 0 radical (unpaired) electrons. The smallest absolute Gasteiger partial charge is 0.0992 e. The van der Waals surface area contributed by atoms with E-state index in [4.69, 9.17) is 0 Å². The van der Waals surface area contributed by atoms with Gasteiger partial charge in [0.2, 0.25) is 0 Å². The molecule has 0 heterocycles. The Kier molecular flexibility index (Phi) is 22.0. The van der Waals surface area contributed by atoms with E-state index in [-0.39, 0.29) is 0 Å². The molecule has 0 aliphatic rings. The maximum absolute atomic E-state index is 9.31. The molecule has 0 N–H and O–H groups in total. The van der Waals surface area contributed by atoms with Crippen LogP contribution in [0, 0.1) is 11.3 Å². The predicted molar refractivity (Wildman–Crippen MR) is 498 cm³/mol. The zero-order valence-corrected chi connectivity index (χ0v) is 65.5. The summed E-state index contributed by atoms with van der Waals surface area (Å²) in [6, 6.07) is 165. The maximum Gasteiger partial charge on any atom is 0.0992 e. The van der Waals surface area contributed by atoms with Gasteiger partial charge in [-0.25, -0.2) is 0 Å². The van der Waals surface area contributed by atoms with Crippen molar-refractivity contribution in [3.8, 4) is 39.4 Å². The van der Waals surface area contributed by atoms with Crippen LogP contribution in [0.4, 0.5) is 85.3 Å². The highest BCUT2D eigenvalue weighted by Gasteiger charge is 2.21. The Morgan fingerprint density at radius 2 is 0.436 bits per heavy atom. The van der Waals surface area contributed by atoms with Gasteiger partial charge in [0, 0.05) is 112 Å². The van der Waals surface area contributed by atoms with Gasteiger partial charge in [-0.1, -0.05) is 285 Å². The molecule has 0 amide bonds. The number of benzene rings is 19. The van der Waals surface area contributed by atoms with E-state index in [1.54, 1.807) is 0 Å². The van der Waals surface area contributed by atoms with E-state index in [9.17, 15) is 5.26 Å². The lowest BCUT2D eigenvalue weighted by Crippen LogP contribution is -2.12. The quantitative estimate of drug-likeness (QED) is 0.0848. The van der Waals surface area contributed by atoms with Crippen LogP contribution in [0.5, 0.6) is 0 Å². The lowest BCUT2D eigenvalue weighted by Gasteiger charge is -2.28. The molecule has 19 aromatic carbocycles. The van der Waals surface area contributed by atoms with Crippen LogP contribution in [0.25, 0.3) is 76.5 Å². The van der Waals surface area contributed by atoms with Gasteiger partial charge in [0.1, 0.15) is 0 Å². The van der Waals surface area contributed by atoms with Crippen molar-refractivity contribution < 1.29 is 0 Å². The van der Waals surface area contributed by atoms with Crippen LogP contribution < -0.4 is 29.4 Å². The van der Waals surface area contributed by atoms with Crippen LogP contribution in [0.15, 0.2) is 461 Å². The normalized spacial score (nSPS) is 10.9. The molecule has 7 heteroatoms. The van der Waals surface area contributed by atoms with Crippen molar-refractivity contribution in [2.45, 2.75) is 0 Å². The molecule has 0 unspecified atom stereocenters. The van der Waals surface area contributed by atoms with Crippen molar-refractivity contribution >= 4 is 128 Å².